The Hall–Kier alpha value is -2.27. The Kier molecular flexibility index (Phi) is 2.99. The van der Waals surface area contributed by atoms with E-state index >= 15 is 0 Å². The van der Waals surface area contributed by atoms with Gasteiger partial charge in [-0.05, 0) is 23.8 Å². The fourth-order valence-electron chi connectivity index (χ4n) is 2.35. The monoisotopic (exact) mass is 273 g/mol. The van der Waals surface area contributed by atoms with Crippen molar-refractivity contribution in [2.24, 2.45) is 12.8 Å². The fraction of sp³-hybridized carbons (Fsp3) is 0.133. The Morgan fingerprint density at radius 1 is 1.15 bits per heavy atom. The Morgan fingerprint density at radius 3 is 2.65 bits per heavy atom. The number of para-hydroxylation sites is 1. The number of rotatable bonds is 2. The van der Waals surface area contributed by atoms with Gasteiger partial charge in [0.05, 0.1) is 16.6 Å². The summed E-state index contributed by atoms with van der Waals surface area (Å²) in [5.41, 5.74) is 8.26. The average molecular weight is 273 g/mol. The molecule has 0 spiro atoms. The van der Waals surface area contributed by atoms with Gasteiger partial charge in [-0.25, -0.2) is 13.8 Å². The Bertz CT molecular complexity index is 793. The number of nitrogens with two attached hydrogens (primary N) is 1. The van der Waals surface area contributed by atoms with Crippen molar-refractivity contribution >= 4 is 11.0 Å². The van der Waals surface area contributed by atoms with E-state index in [2.05, 4.69) is 4.98 Å². The fourth-order valence-corrected chi connectivity index (χ4v) is 2.35. The van der Waals surface area contributed by atoms with Gasteiger partial charge in [-0.2, -0.15) is 0 Å². The van der Waals surface area contributed by atoms with Crippen LogP contribution in [0, 0.1) is 11.6 Å². The predicted molar refractivity (Wildman–Crippen MR) is 74.0 cm³/mol. The van der Waals surface area contributed by atoms with E-state index in [0.717, 1.165) is 22.7 Å². The molecule has 0 saturated carbocycles. The molecule has 3 nitrogen and oxygen atoms in total. The van der Waals surface area contributed by atoms with Gasteiger partial charge in [0, 0.05) is 13.6 Å². The maximum Gasteiger partial charge on any atom is 0.169 e. The maximum absolute atomic E-state index is 13.9. The second kappa shape index (κ2) is 4.68. The Morgan fingerprint density at radius 2 is 1.90 bits per heavy atom. The summed E-state index contributed by atoms with van der Waals surface area (Å²) in [7, 11) is 1.77. The van der Waals surface area contributed by atoms with Crippen LogP contribution in [0.5, 0.6) is 0 Å². The van der Waals surface area contributed by atoms with Crippen molar-refractivity contribution in [2.45, 2.75) is 6.54 Å². The van der Waals surface area contributed by atoms with E-state index in [0.29, 0.717) is 12.4 Å². The lowest BCUT2D eigenvalue weighted by molar-refractivity contribution is 0.510. The molecular formula is C15H13F2N3. The zero-order valence-electron chi connectivity index (χ0n) is 10.9. The summed E-state index contributed by atoms with van der Waals surface area (Å²) in [6.07, 6.45) is 0. The quantitative estimate of drug-likeness (QED) is 0.780. The number of halogens is 2. The average Bonchev–Trinajstić information content (AvgIpc) is 2.79. The van der Waals surface area contributed by atoms with Crippen LogP contribution in [0.1, 0.15) is 5.56 Å². The highest BCUT2D eigenvalue weighted by atomic mass is 19.2. The lowest BCUT2D eigenvalue weighted by atomic mass is 10.2. The number of fused-ring (bicyclic) bond motifs is 1. The van der Waals surface area contributed by atoms with E-state index in [1.165, 1.54) is 12.1 Å². The zero-order chi connectivity index (χ0) is 14.3. The SMILES string of the molecule is Cn1c(-c2cccc(F)c2F)nc2c(CN)cccc21. The molecule has 0 fully saturated rings. The molecule has 2 N–H and O–H groups in total. The normalized spacial score (nSPS) is 11.2. The van der Waals surface area contributed by atoms with E-state index in [4.69, 9.17) is 5.73 Å². The van der Waals surface area contributed by atoms with Crippen LogP contribution in [0.25, 0.3) is 22.4 Å². The summed E-state index contributed by atoms with van der Waals surface area (Å²) in [4.78, 5) is 4.43. The largest absolute Gasteiger partial charge is 0.327 e. The van der Waals surface area contributed by atoms with Crippen molar-refractivity contribution in [1.82, 2.24) is 9.55 Å². The molecule has 5 heteroatoms. The van der Waals surface area contributed by atoms with Gasteiger partial charge in [0.1, 0.15) is 5.82 Å². The first-order valence-electron chi connectivity index (χ1n) is 6.22. The molecule has 102 valence electrons. The van der Waals surface area contributed by atoms with E-state index in [1.807, 2.05) is 18.2 Å². The molecule has 1 heterocycles. The Balaban J connectivity index is 2.32. The number of imidazole rings is 1. The molecule has 3 aromatic rings. The smallest absolute Gasteiger partial charge is 0.169 e. The van der Waals surface area contributed by atoms with Crippen LogP contribution in [0.15, 0.2) is 36.4 Å². The topological polar surface area (TPSA) is 43.8 Å². The van der Waals surface area contributed by atoms with Gasteiger partial charge in [-0.3, -0.25) is 0 Å². The van der Waals surface area contributed by atoms with Gasteiger partial charge in [-0.1, -0.05) is 18.2 Å². The van der Waals surface area contributed by atoms with Crippen molar-refractivity contribution in [1.29, 1.82) is 0 Å². The molecule has 0 amide bonds. The minimum Gasteiger partial charge on any atom is -0.327 e. The third-order valence-corrected chi connectivity index (χ3v) is 3.41. The summed E-state index contributed by atoms with van der Waals surface area (Å²) in [5.74, 6) is -1.38. The van der Waals surface area contributed by atoms with Crippen LogP contribution in [0.3, 0.4) is 0 Å². The van der Waals surface area contributed by atoms with Crippen molar-refractivity contribution in [3.63, 3.8) is 0 Å². The lowest BCUT2D eigenvalue weighted by Gasteiger charge is -2.04. The molecule has 1 aromatic heterocycles. The van der Waals surface area contributed by atoms with Crippen molar-refractivity contribution in [2.75, 3.05) is 0 Å². The highest BCUT2D eigenvalue weighted by Gasteiger charge is 2.17. The molecule has 0 aliphatic rings. The molecule has 0 bridgehead atoms. The number of benzene rings is 2. The third kappa shape index (κ3) is 1.78. The summed E-state index contributed by atoms with van der Waals surface area (Å²) in [6, 6.07) is 9.70. The Labute approximate surface area is 114 Å². The van der Waals surface area contributed by atoms with Crippen LogP contribution in [-0.2, 0) is 13.6 Å². The number of aromatic nitrogens is 2. The minimum absolute atomic E-state index is 0.145. The van der Waals surface area contributed by atoms with Crippen molar-refractivity contribution in [3.8, 4) is 11.4 Å². The van der Waals surface area contributed by atoms with Gasteiger partial charge in [0.2, 0.25) is 0 Å². The van der Waals surface area contributed by atoms with E-state index in [1.54, 1.807) is 11.6 Å². The molecule has 3 rings (SSSR count). The molecule has 0 unspecified atom stereocenters. The number of nitrogens with zero attached hydrogens (tertiary/aromatic N) is 2. The lowest BCUT2D eigenvalue weighted by Crippen LogP contribution is -1.97. The molecule has 2 aromatic carbocycles. The first kappa shape index (κ1) is 12.7. The van der Waals surface area contributed by atoms with Gasteiger partial charge in [0.15, 0.2) is 11.6 Å². The molecular weight excluding hydrogens is 260 g/mol. The minimum atomic E-state index is -0.889. The van der Waals surface area contributed by atoms with Crippen LogP contribution in [-0.4, -0.2) is 9.55 Å². The number of hydrogen-bond acceptors (Lipinski definition) is 2. The van der Waals surface area contributed by atoms with Crippen molar-refractivity contribution < 1.29 is 8.78 Å². The standard InChI is InChI=1S/C15H13F2N3/c1-20-12-7-2-4-9(8-18)14(12)19-15(20)10-5-3-6-11(16)13(10)17/h2-7H,8,18H2,1H3. The van der Waals surface area contributed by atoms with E-state index < -0.39 is 11.6 Å². The van der Waals surface area contributed by atoms with Crippen LogP contribution >= 0.6 is 0 Å². The molecule has 0 atom stereocenters. The summed E-state index contributed by atoms with van der Waals surface area (Å²) < 4.78 is 29.0. The first-order chi connectivity index (χ1) is 9.63. The zero-order valence-corrected chi connectivity index (χ0v) is 10.9. The number of aryl methyl sites for hydroxylation is 1. The molecule has 0 aliphatic heterocycles. The summed E-state index contributed by atoms with van der Waals surface area (Å²) in [6.45, 7) is 0.347. The highest BCUT2D eigenvalue weighted by Crippen LogP contribution is 2.28. The van der Waals surface area contributed by atoms with E-state index in [9.17, 15) is 8.78 Å². The van der Waals surface area contributed by atoms with E-state index in [-0.39, 0.29) is 5.56 Å². The van der Waals surface area contributed by atoms with Gasteiger partial charge in [0.25, 0.3) is 0 Å². The molecule has 0 aliphatic carbocycles. The molecule has 0 radical (unpaired) electrons. The van der Waals surface area contributed by atoms with Gasteiger partial charge < -0.3 is 10.3 Å². The van der Waals surface area contributed by atoms with Crippen molar-refractivity contribution in [3.05, 3.63) is 53.6 Å². The van der Waals surface area contributed by atoms with Gasteiger partial charge in [-0.15, -0.1) is 0 Å². The molecule has 20 heavy (non-hydrogen) atoms. The summed E-state index contributed by atoms with van der Waals surface area (Å²) >= 11 is 0. The van der Waals surface area contributed by atoms with Crippen LogP contribution in [0.4, 0.5) is 8.78 Å². The summed E-state index contributed by atoms with van der Waals surface area (Å²) in [5, 5.41) is 0. The first-order valence-corrected chi connectivity index (χ1v) is 6.22. The van der Waals surface area contributed by atoms with Gasteiger partial charge >= 0.3 is 0 Å². The second-order valence-corrected chi connectivity index (χ2v) is 4.58. The predicted octanol–water partition coefficient (Wildman–Crippen LogP) is 2.98. The highest BCUT2D eigenvalue weighted by molar-refractivity contribution is 5.83. The number of hydrogen-bond donors (Lipinski definition) is 1. The molecule has 0 saturated heterocycles. The van der Waals surface area contributed by atoms with Crippen LogP contribution in [0.2, 0.25) is 0 Å². The maximum atomic E-state index is 13.9. The van der Waals surface area contributed by atoms with Crippen LogP contribution < -0.4 is 5.73 Å². The second-order valence-electron chi connectivity index (χ2n) is 4.58. The third-order valence-electron chi connectivity index (χ3n) is 3.41.